The lowest BCUT2D eigenvalue weighted by Gasteiger charge is -2.27. The van der Waals surface area contributed by atoms with Crippen LogP contribution in [0.3, 0.4) is 0 Å². The number of carbonyl (C=O) groups excluding carboxylic acids is 1. The zero-order valence-corrected chi connectivity index (χ0v) is 21.4. The van der Waals surface area contributed by atoms with Gasteiger partial charge in [-0.25, -0.2) is 19.1 Å². The first-order chi connectivity index (χ1) is 17.8. The lowest BCUT2D eigenvalue weighted by molar-refractivity contribution is -0.145. The smallest absolute Gasteiger partial charge is 0.354 e. The lowest BCUT2D eigenvalue weighted by atomic mass is 9.83. The minimum Gasteiger partial charge on any atom is -0.469 e. The van der Waals surface area contributed by atoms with E-state index in [1.165, 1.54) is 11.7 Å². The molecule has 196 valence electrons. The minimum absolute atomic E-state index is 0.0983. The first-order valence-corrected chi connectivity index (χ1v) is 12.6. The Bertz CT molecular complexity index is 1310. The summed E-state index contributed by atoms with van der Waals surface area (Å²) in [7, 11) is 1.28. The van der Waals surface area contributed by atoms with Crippen LogP contribution >= 0.6 is 0 Å². The normalized spacial score (nSPS) is 18.1. The quantitative estimate of drug-likeness (QED) is 0.433. The summed E-state index contributed by atoms with van der Waals surface area (Å²) in [6, 6.07) is 12.5. The highest BCUT2D eigenvalue weighted by atomic mass is 16.5. The summed E-state index contributed by atoms with van der Waals surface area (Å²) in [5.41, 5.74) is -0.565. The maximum absolute atomic E-state index is 13.5. The fraction of sp³-hybridized carbons (Fsp3) is 0.444. The molecule has 1 fully saturated rings. The van der Waals surface area contributed by atoms with Gasteiger partial charge in [-0.15, -0.1) is 0 Å². The van der Waals surface area contributed by atoms with Gasteiger partial charge in [0.05, 0.1) is 13.0 Å². The third-order valence-corrected chi connectivity index (χ3v) is 6.76. The predicted octanol–water partition coefficient (Wildman–Crippen LogP) is 3.97. The molecule has 2 heterocycles. The number of aromatic nitrogens is 4. The number of pyridine rings is 1. The van der Waals surface area contributed by atoms with Gasteiger partial charge in [0, 0.05) is 31.0 Å². The number of anilines is 2. The number of carbonyl (C=O) groups is 1. The second-order valence-electron chi connectivity index (χ2n) is 9.69. The Kier molecular flexibility index (Phi) is 8.37. The maximum Gasteiger partial charge on any atom is 0.354 e. The van der Waals surface area contributed by atoms with Crippen LogP contribution in [0, 0.1) is 17.8 Å². The monoisotopic (exact) mass is 507 g/mol. The third-order valence-electron chi connectivity index (χ3n) is 6.76. The number of benzene rings is 1. The Balaban J connectivity index is 1.61. The number of nitrogens with zero attached hydrogens (tertiary/aromatic N) is 4. The van der Waals surface area contributed by atoms with Crippen molar-refractivity contribution < 1.29 is 14.3 Å². The molecule has 37 heavy (non-hydrogen) atoms. The molecule has 10 nitrogen and oxygen atoms in total. The van der Waals surface area contributed by atoms with Crippen molar-refractivity contribution in [1.82, 2.24) is 19.1 Å². The number of esters is 1. The minimum atomic E-state index is -0.716. The van der Waals surface area contributed by atoms with Crippen LogP contribution in [0.1, 0.15) is 39.5 Å². The molecule has 1 aliphatic rings. The summed E-state index contributed by atoms with van der Waals surface area (Å²) in [5.74, 6) is 1.07. The van der Waals surface area contributed by atoms with E-state index in [4.69, 9.17) is 9.47 Å². The van der Waals surface area contributed by atoms with Gasteiger partial charge < -0.3 is 14.8 Å². The molecule has 0 amide bonds. The van der Waals surface area contributed by atoms with Gasteiger partial charge in [0.1, 0.15) is 5.75 Å². The number of hydrogen-bond donors (Lipinski definition) is 1. The predicted molar refractivity (Wildman–Crippen MR) is 139 cm³/mol. The van der Waals surface area contributed by atoms with Crippen molar-refractivity contribution in [3.63, 3.8) is 0 Å². The highest BCUT2D eigenvalue weighted by Gasteiger charge is 2.24. The summed E-state index contributed by atoms with van der Waals surface area (Å²) in [6.45, 7) is 4.20. The van der Waals surface area contributed by atoms with Gasteiger partial charge in [-0.05, 0) is 55.0 Å². The number of hydrogen-bond acceptors (Lipinski definition) is 8. The highest BCUT2D eigenvalue weighted by molar-refractivity contribution is 5.71. The SMILES string of the molecule is COC(=O)[C@@H](C)Cn1c(=O)nc(Nc2ccc(Oc3ccccn3)cc2)n(CC2CCC(C)CC2)c1=O. The van der Waals surface area contributed by atoms with E-state index in [-0.39, 0.29) is 12.5 Å². The molecule has 0 aliphatic heterocycles. The van der Waals surface area contributed by atoms with Crippen LogP contribution in [0.25, 0.3) is 0 Å². The van der Waals surface area contributed by atoms with Crippen molar-refractivity contribution >= 4 is 17.6 Å². The second-order valence-corrected chi connectivity index (χ2v) is 9.69. The molecule has 2 aromatic heterocycles. The van der Waals surface area contributed by atoms with E-state index < -0.39 is 23.3 Å². The zero-order chi connectivity index (χ0) is 26.4. The Morgan fingerprint density at radius 2 is 1.81 bits per heavy atom. The van der Waals surface area contributed by atoms with Gasteiger partial charge in [0.2, 0.25) is 11.8 Å². The van der Waals surface area contributed by atoms with Crippen LogP contribution in [-0.4, -0.2) is 32.2 Å². The van der Waals surface area contributed by atoms with Crippen molar-refractivity contribution in [3.05, 3.63) is 69.6 Å². The van der Waals surface area contributed by atoms with Gasteiger partial charge in [0.15, 0.2) is 0 Å². The summed E-state index contributed by atoms with van der Waals surface area (Å²) in [5, 5.41) is 3.13. The van der Waals surface area contributed by atoms with E-state index in [9.17, 15) is 14.4 Å². The third kappa shape index (κ3) is 6.63. The fourth-order valence-electron chi connectivity index (χ4n) is 4.53. The maximum atomic E-state index is 13.5. The zero-order valence-electron chi connectivity index (χ0n) is 21.4. The van der Waals surface area contributed by atoms with Crippen molar-refractivity contribution in [1.29, 1.82) is 0 Å². The standard InChI is InChI=1S/C27H33N5O5/c1-18-7-9-20(10-8-18)17-31-25(30-26(34)32(27(31)35)16-19(2)24(33)36-3)29-21-11-13-22(14-12-21)37-23-6-4-5-15-28-23/h4-6,11-15,18-20H,7-10,16-17H2,1-3H3,(H,29,30,34)/t18?,19-,20?/m0/s1. The number of methoxy groups -OCH3 is 1. The summed E-state index contributed by atoms with van der Waals surface area (Å²) in [6.07, 6.45) is 5.87. The molecule has 0 spiro atoms. The Morgan fingerprint density at radius 1 is 1.08 bits per heavy atom. The fourth-order valence-corrected chi connectivity index (χ4v) is 4.53. The molecule has 0 saturated heterocycles. The number of rotatable bonds is 9. The van der Waals surface area contributed by atoms with Crippen LogP contribution in [0.5, 0.6) is 11.6 Å². The van der Waals surface area contributed by atoms with Gasteiger partial charge in [-0.3, -0.25) is 9.36 Å². The summed E-state index contributed by atoms with van der Waals surface area (Å²) >= 11 is 0. The van der Waals surface area contributed by atoms with Gasteiger partial charge in [0.25, 0.3) is 0 Å². The van der Waals surface area contributed by atoms with Crippen LogP contribution in [0.4, 0.5) is 11.6 Å². The van der Waals surface area contributed by atoms with E-state index in [1.807, 2.05) is 12.1 Å². The number of nitrogens with one attached hydrogen (secondary N) is 1. The Hall–Kier alpha value is -3.95. The molecule has 3 aromatic rings. The molecule has 10 heteroatoms. The van der Waals surface area contributed by atoms with Gasteiger partial charge in [-0.1, -0.05) is 32.8 Å². The van der Waals surface area contributed by atoms with E-state index >= 15 is 0 Å². The molecule has 1 aliphatic carbocycles. The molecular weight excluding hydrogens is 474 g/mol. The first-order valence-electron chi connectivity index (χ1n) is 12.6. The molecule has 0 bridgehead atoms. The van der Waals surface area contributed by atoms with E-state index in [0.717, 1.165) is 30.3 Å². The summed E-state index contributed by atoms with van der Waals surface area (Å²) < 4.78 is 13.0. The van der Waals surface area contributed by atoms with Crippen molar-refractivity contribution in [2.45, 2.75) is 52.6 Å². The Morgan fingerprint density at radius 3 is 2.46 bits per heavy atom. The molecule has 0 unspecified atom stereocenters. The average molecular weight is 508 g/mol. The lowest BCUT2D eigenvalue weighted by Crippen LogP contribution is -2.45. The van der Waals surface area contributed by atoms with Crippen molar-refractivity contribution in [2.75, 3.05) is 12.4 Å². The summed E-state index contributed by atoms with van der Waals surface area (Å²) in [4.78, 5) is 46.7. The Labute approximate surface area is 215 Å². The van der Waals surface area contributed by atoms with Gasteiger partial charge >= 0.3 is 17.3 Å². The molecule has 4 rings (SSSR count). The van der Waals surface area contributed by atoms with Crippen LogP contribution < -0.4 is 21.4 Å². The van der Waals surface area contributed by atoms with Crippen LogP contribution in [0.2, 0.25) is 0 Å². The first kappa shape index (κ1) is 26.1. The van der Waals surface area contributed by atoms with E-state index in [0.29, 0.717) is 35.7 Å². The largest absolute Gasteiger partial charge is 0.469 e. The molecule has 1 atom stereocenters. The highest BCUT2D eigenvalue weighted by Crippen LogP contribution is 2.30. The second kappa shape index (κ2) is 11.9. The molecule has 1 N–H and O–H groups in total. The average Bonchev–Trinajstić information content (AvgIpc) is 2.91. The number of ether oxygens (including phenoxy) is 2. The van der Waals surface area contributed by atoms with E-state index in [2.05, 4.69) is 22.2 Å². The molecule has 0 radical (unpaired) electrons. The van der Waals surface area contributed by atoms with Crippen LogP contribution in [-0.2, 0) is 22.6 Å². The van der Waals surface area contributed by atoms with Crippen LogP contribution in [0.15, 0.2) is 58.3 Å². The molecule has 1 saturated carbocycles. The van der Waals surface area contributed by atoms with Crippen molar-refractivity contribution in [3.8, 4) is 11.6 Å². The topological polar surface area (TPSA) is 117 Å². The molecular formula is C27H33N5O5. The molecule has 1 aromatic carbocycles. The van der Waals surface area contributed by atoms with Gasteiger partial charge in [-0.2, -0.15) is 4.98 Å². The van der Waals surface area contributed by atoms with E-state index in [1.54, 1.807) is 43.5 Å². The van der Waals surface area contributed by atoms with Crippen molar-refractivity contribution in [2.24, 2.45) is 17.8 Å².